The number of Topliss-reactive ketones (excluding diaryl/α,β-unsaturated/α-hetero) is 1. The van der Waals surface area contributed by atoms with Crippen molar-refractivity contribution in [2.45, 2.75) is 19.5 Å². The molecule has 0 bridgehead atoms. The minimum absolute atomic E-state index is 0.0192. The molecule has 1 atom stereocenters. The first-order valence-electron chi connectivity index (χ1n) is 9.65. The number of ketones is 1. The topological polar surface area (TPSA) is 100 Å². The third-order valence-corrected chi connectivity index (χ3v) is 5.24. The molecule has 2 N–H and O–H groups in total. The lowest BCUT2D eigenvalue weighted by Crippen LogP contribution is -2.29. The van der Waals surface area contributed by atoms with Gasteiger partial charge in [0, 0.05) is 0 Å². The molecule has 3 aromatic rings. The molecule has 0 spiro atoms. The Kier molecular flexibility index (Phi) is 5.25. The molecule has 4 rings (SSSR count). The predicted octanol–water partition coefficient (Wildman–Crippen LogP) is 3.92. The smallest absolute Gasteiger partial charge is 0.296 e. The molecule has 1 aliphatic rings. The Bertz CT molecular complexity index is 1180. The molecule has 0 aliphatic carbocycles. The number of phenols is 1. The van der Waals surface area contributed by atoms with E-state index in [1.54, 1.807) is 36.4 Å². The molecule has 0 saturated carbocycles. The molecular weight excluding hydrogens is 398 g/mol. The van der Waals surface area contributed by atoms with Crippen molar-refractivity contribution in [3.63, 3.8) is 0 Å². The molecule has 1 amide bonds. The van der Waals surface area contributed by atoms with Crippen LogP contribution < -0.4 is 4.74 Å². The van der Waals surface area contributed by atoms with Crippen LogP contribution in [0.3, 0.4) is 0 Å². The van der Waals surface area contributed by atoms with Crippen molar-refractivity contribution in [2.75, 3.05) is 7.11 Å². The monoisotopic (exact) mass is 419 g/mol. The fourth-order valence-electron chi connectivity index (χ4n) is 3.81. The molecule has 7 heteroatoms. The van der Waals surface area contributed by atoms with Gasteiger partial charge in [-0.25, -0.2) is 0 Å². The first-order chi connectivity index (χ1) is 14.9. The molecule has 1 unspecified atom stereocenters. The molecule has 2 heterocycles. The van der Waals surface area contributed by atoms with Crippen molar-refractivity contribution in [3.8, 4) is 11.5 Å². The number of hydrogen-bond donors (Lipinski definition) is 2. The first-order valence-corrected chi connectivity index (χ1v) is 9.65. The number of phenolic OH excluding ortho intramolecular Hbond substituents is 1. The van der Waals surface area contributed by atoms with E-state index >= 15 is 0 Å². The van der Waals surface area contributed by atoms with Gasteiger partial charge in [0.05, 0.1) is 37.1 Å². The van der Waals surface area contributed by atoms with E-state index in [4.69, 9.17) is 9.15 Å². The number of likely N-dealkylation sites (tertiary alicyclic amines) is 1. The lowest BCUT2D eigenvalue weighted by atomic mass is 9.94. The summed E-state index contributed by atoms with van der Waals surface area (Å²) in [5.41, 5.74) is 1.56. The Morgan fingerprint density at radius 3 is 2.61 bits per heavy atom. The fourth-order valence-corrected chi connectivity index (χ4v) is 3.81. The zero-order chi connectivity index (χ0) is 22.1. The molecule has 31 heavy (non-hydrogen) atoms. The number of aryl methyl sites for hydroxylation is 1. The quantitative estimate of drug-likeness (QED) is 0.369. The third kappa shape index (κ3) is 3.66. The van der Waals surface area contributed by atoms with E-state index in [2.05, 4.69) is 0 Å². The second kappa shape index (κ2) is 8.02. The maximum absolute atomic E-state index is 13.1. The van der Waals surface area contributed by atoms with Gasteiger partial charge in [-0.1, -0.05) is 23.8 Å². The highest BCUT2D eigenvalue weighted by molar-refractivity contribution is 6.46. The average Bonchev–Trinajstić information content (AvgIpc) is 3.35. The predicted molar refractivity (Wildman–Crippen MR) is 112 cm³/mol. The summed E-state index contributed by atoms with van der Waals surface area (Å²) in [6.07, 6.45) is 1.48. The molecule has 1 aliphatic heterocycles. The van der Waals surface area contributed by atoms with E-state index in [1.165, 1.54) is 30.4 Å². The lowest BCUT2D eigenvalue weighted by Gasteiger charge is -2.24. The van der Waals surface area contributed by atoms with Crippen LogP contribution in [-0.2, 0) is 16.1 Å². The second-order valence-electron chi connectivity index (χ2n) is 7.31. The van der Waals surface area contributed by atoms with E-state index in [-0.39, 0.29) is 23.6 Å². The number of amides is 1. The Labute approximate surface area is 178 Å². The molecule has 1 saturated heterocycles. The number of aliphatic hydroxyl groups excluding tert-OH is 1. The van der Waals surface area contributed by atoms with Gasteiger partial charge in [-0.05, 0) is 48.9 Å². The van der Waals surface area contributed by atoms with Crippen LogP contribution in [-0.4, -0.2) is 33.9 Å². The van der Waals surface area contributed by atoms with Crippen LogP contribution in [0, 0.1) is 6.92 Å². The van der Waals surface area contributed by atoms with Gasteiger partial charge in [0.2, 0.25) is 0 Å². The van der Waals surface area contributed by atoms with Crippen molar-refractivity contribution in [1.82, 2.24) is 4.90 Å². The summed E-state index contributed by atoms with van der Waals surface area (Å²) in [6.45, 7) is 1.87. The zero-order valence-electron chi connectivity index (χ0n) is 17.0. The summed E-state index contributed by atoms with van der Waals surface area (Å²) < 4.78 is 10.7. The number of carbonyl (C=O) groups is 2. The molecule has 1 aromatic heterocycles. The Hall–Kier alpha value is -4.00. The normalized spacial score (nSPS) is 17.9. The van der Waals surface area contributed by atoms with E-state index < -0.39 is 17.7 Å². The molecular formula is C24H21NO6. The van der Waals surface area contributed by atoms with Gasteiger partial charge >= 0.3 is 0 Å². The number of hydrogen-bond acceptors (Lipinski definition) is 6. The summed E-state index contributed by atoms with van der Waals surface area (Å²) in [5, 5.41) is 21.2. The zero-order valence-corrected chi connectivity index (χ0v) is 17.0. The molecule has 158 valence electrons. The third-order valence-electron chi connectivity index (χ3n) is 5.24. The molecule has 2 aromatic carbocycles. The van der Waals surface area contributed by atoms with Gasteiger partial charge < -0.3 is 24.3 Å². The van der Waals surface area contributed by atoms with Gasteiger partial charge in [0.25, 0.3) is 11.7 Å². The first kappa shape index (κ1) is 20.3. The summed E-state index contributed by atoms with van der Waals surface area (Å²) in [7, 11) is 1.46. The lowest BCUT2D eigenvalue weighted by molar-refractivity contribution is -0.140. The number of nitrogens with zero attached hydrogens (tertiary/aromatic N) is 1. The van der Waals surface area contributed by atoms with Crippen molar-refractivity contribution in [3.05, 3.63) is 88.9 Å². The van der Waals surface area contributed by atoms with Crippen LogP contribution in [0.15, 0.2) is 70.9 Å². The number of rotatable bonds is 5. The van der Waals surface area contributed by atoms with Crippen LogP contribution in [0.2, 0.25) is 0 Å². The summed E-state index contributed by atoms with van der Waals surface area (Å²) >= 11 is 0. The Balaban J connectivity index is 1.92. The number of carbonyl (C=O) groups excluding carboxylic acids is 2. The van der Waals surface area contributed by atoms with Gasteiger partial charge in [0.15, 0.2) is 0 Å². The molecule has 1 fully saturated rings. The van der Waals surface area contributed by atoms with Gasteiger partial charge in [-0.15, -0.1) is 0 Å². The van der Waals surface area contributed by atoms with Gasteiger partial charge in [-0.3, -0.25) is 9.59 Å². The van der Waals surface area contributed by atoms with Crippen LogP contribution in [0.25, 0.3) is 5.76 Å². The van der Waals surface area contributed by atoms with E-state index in [1.807, 2.05) is 13.0 Å². The SMILES string of the molecule is COc1ccc(C)cc1/C(O)=C1\C(=O)C(=O)N(Cc2ccco2)C1c1cccc(O)c1. The van der Waals surface area contributed by atoms with E-state index in [9.17, 15) is 19.8 Å². The molecule has 0 radical (unpaired) electrons. The summed E-state index contributed by atoms with van der Waals surface area (Å²) in [5.74, 6) is -1.09. The maximum atomic E-state index is 13.1. The maximum Gasteiger partial charge on any atom is 0.296 e. The average molecular weight is 419 g/mol. The van der Waals surface area contributed by atoms with Crippen molar-refractivity contribution >= 4 is 17.4 Å². The minimum Gasteiger partial charge on any atom is -0.508 e. The van der Waals surface area contributed by atoms with Crippen LogP contribution in [0.1, 0.15) is 28.5 Å². The van der Waals surface area contributed by atoms with Crippen LogP contribution in [0.4, 0.5) is 0 Å². The van der Waals surface area contributed by atoms with Crippen LogP contribution in [0.5, 0.6) is 11.5 Å². The second-order valence-corrected chi connectivity index (χ2v) is 7.31. The van der Waals surface area contributed by atoms with Crippen LogP contribution >= 0.6 is 0 Å². The van der Waals surface area contributed by atoms with E-state index in [0.717, 1.165) is 5.56 Å². The number of furan rings is 1. The van der Waals surface area contributed by atoms with Gasteiger partial charge in [-0.2, -0.15) is 0 Å². The summed E-state index contributed by atoms with van der Waals surface area (Å²) in [4.78, 5) is 27.4. The van der Waals surface area contributed by atoms with Crippen molar-refractivity contribution < 1.29 is 29.0 Å². The van der Waals surface area contributed by atoms with Crippen molar-refractivity contribution in [1.29, 1.82) is 0 Å². The number of aliphatic hydroxyl groups is 1. The van der Waals surface area contributed by atoms with E-state index in [0.29, 0.717) is 22.6 Å². The minimum atomic E-state index is -0.914. The van der Waals surface area contributed by atoms with Crippen molar-refractivity contribution in [2.24, 2.45) is 0 Å². The number of aromatic hydroxyl groups is 1. The highest BCUT2D eigenvalue weighted by atomic mass is 16.5. The van der Waals surface area contributed by atoms with Gasteiger partial charge in [0.1, 0.15) is 23.0 Å². The summed E-state index contributed by atoms with van der Waals surface area (Å²) in [6, 6.07) is 13.9. The number of ether oxygens (including phenoxy) is 1. The highest BCUT2D eigenvalue weighted by Gasteiger charge is 2.46. The Morgan fingerprint density at radius 2 is 1.94 bits per heavy atom. The largest absolute Gasteiger partial charge is 0.508 e. The number of methoxy groups -OCH3 is 1. The highest BCUT2D eigenvalue weighted by Crippen LogP contribution is 2.42. The Morgan fingerprint density at radius 1 is 1.13 bits per heavy atom. The standard InChI is InChI=1S/C24H21NO6/c1-14-8-9-19(30-2)18(11-14)22(27)20-21(15-5-3-6-16(26)12-15)25(24(29)23(20)28)13-17-7-4-10-31-17/h3-12,21,26-27H,13H2,1-2H3/b22-20+. The number of benzene rings is 2. The fraction of sp³-hybridized carbons (Fsp3) is 0.167. The molecule has 7 nitrogen and oxygen atoms in total.